The minimum Gasteiger partial charge on any atom is -0.380 e. The minimum atomic E-state index is -1.64. The van der Waals surface area contributed by atoms with Gasteiger partial charge in [0.05, 0.1) is 6.54 Å². The van der Waals surface area contributed by atoms with Crippen molar-refractivity contribution in [2.75, 3.05) is 0 Å². The summed E-state index contributed by atoms with van der Waals surface area (Å²) in [5, 5.41) is 15.3. The second kappa shape index (κ2) is 6.33. The molecule has 2 atom stereocenters. The molecule has 0 spiro atoms. The van der Waals surface area contributed by atoms with E-state index in [0.717, 1.165) is 0 Å². The number of nitrogens with zero attached hydrogens (tertiary/aromatic N) is 3. The second-order valence-electron chi connectivity index (χ2n) is 4.78. The molecule has 0 aliphatic carbocycles. The number of rotatable bonds is 6. The molecule has 2 rings (SSSR count). The Morgan fingerprint density at radius 3 is 2.65 bits per heavy atom. The molecule has 2 aromatic rings. The molecule has 1 heterocycles. The summed E-state index contributed by atoms with van der Waals surface area (Å²) in [7, 11) is 0. The maximum absolute atomic E-state index is 14.5. The van der Waals surface area contributed by atoms with Crippen LogP contribution in [0.5, 0.6) is 0 Å². The smallest absolute Gasteiger partial charge is 0.140 e. The molecule has 108 valence electrons. The standard InChI is InChI=1S/C14H17ClFN3O/c1-2-3-13(16)14(20,8-19-10-17-9-18-19)11-4-6-12(15)7-5-11/h4-7,9-10,13,20H,2-3,8H2,1H3. The van der Waals surface area contributed by atoms with Crippen molar-refractivity contribution in [1.29, 1.82) is 0 Å². The largest absolute Gasteiger partial charge is 0.380 e. The molecule has 1 aromatic heterocycles. The van der Waals surface area contributed by atoms with E-state index in [-0.39, 0.29) is 13.0 Å². The van der Waals surface area contributed by atoms with Crippen molar-refractivity contribution in [3.05, 3.63) is 47.5 Å². The Morgan fingerprint density at radius 2 is 2.10 bits per heavy atom. The summed E-state index contributed by atoms with van der Waals surface area (Å²) >= 11 is 5.84. The lowest BCUT2D eigenvalue weighted by Gasteiger charge is -2.31. The molecule has 2 unspecified atom stereocenters. The van der Waals surface area contributed by atoms with E-state index in [1.807, 2.05) is 6.92 Å². The fraction of sp³-hybridized carbons (Fsp3) is 0.429. The van der Waals surface area contributed by atoms with Crippen molar-refractivity contribution >= 4 is 11.6 Å². The maximum Gasteiger partial charge on any atom is 0.140 e. The van der Waals surface area contributed by atoms with Crippen LogP contribution in [-0.2, 0) is 12.1 Å². The molecule has 1 N–H and O–H groups in total. The summed E-state index contributed by atoms with van der Waals surface area (Å²) in [6.45, 7) is 1.89. The molecule has 0 radical (unpaired) electrons. The first-order valence-electron chi connectivity index (χ1n) is 6.51. The first kappa shape index (κ1) is 14.9. The van der Waals surface area contributed by atoms with E-state index < -0.39 is 11.8 Å². The Balaban J connectivity index is 2.34. The monoisotopic (exact) mass is 297 g/mol. The van der Waals surface area contributed by atoms with Crippen molar-refractivity contribution in [1.82, 2.24) is 14.8 Å². The van der Waals surface area contributed by atoms with Gasteiger partial charge in [-0.15, -0.1) is 0 Å². The number of aromatic nitrogens is 3. The fourth-order valence-corrected chi connectivity index (χ4v) is 2.29. The summed E-state index contributed by atoms with van der Waals surface area (Å²) in [4.78, 5) is 3.82. The van der Waals surface area contributed by atoms with Gasteiger partial charge in [0, 0.05) is 5.02 Å². The number of benzene rings is 1. The highest BCUT2D eigenvalue weighted by molar-refractivity contribution is 6.30. The number of aliphatic hydroxyl groups is 1. The van der Waals surface area contributed by atoms with E-state index in [9.17, 15) is 9.50 Å². The van der Waals surface area contributed by atoms with E-state index in [1.165, 1.54) is 17.3 Å². The summed E-state index contributed by atoms with van der Waals surface area (Å²) in [6, 6.07) is 6.56. The lowest BCUT2D eigenvalue weighted by molar-refractivity contribution is -0.0604. The number of alkyl halides is 1. The van der Waals surface area contributed by atoms with Crippen molar-refractivity contribution < 1.29 is 9.50 Å². The molecule has 6 heteroatoms. The molecule has 0 fully saturated rings. The molecule has 0 aliphatic heterocycles. The molecule has 20 heavy (non-hydrogen) atoms. The van der Waals surface area contributed by atoms with Crippen LogP contribution >= 0.6 is 11.6 Å². The highest BCUT2D eigenvalue weighted by Crippen LogP contribution is 2.32. The zero-order valence-electron chi connectivity index (χ0n) is 11.2. The normalized spacial score (nSPS) is 15.8. The predicted octanol–water partition coefficient (Wildman–Crippen LogP) is 2.96. The van der Waals surface area contributed by atoms with Crippen LogP contribution in [0.25, 0.3) is 0 Å². The van der Waals surface area contributed by atoms with E-state index in [4.69, 9.17) is 11.6 Å². The Morgan fingerprint density at radius 1 is 1.40 bits per heavy atom. The summed E-state index contributed by atoms with van der Waals surface area (Å²) in [5.74, 6) is 0. The van der Waals surface area contributed by atoms with E-state index in [0.29, 0.717) is 17.0 Å². The second-order valence-corrected chi connectivity index (χ2v) is 5.22. The average Bonchev–Trinajstić information content (AvgIpc) is 2.92. The molecule has 0 bridgehead atoms. The van der Waals surface area contributed by atoms with Gasteiger partial charge in [0.25, 0.3) is 0 Å². The SMILES string of the molecule is CCCC(F)C(O)(Cn1cncn1)c1ccc(Cl)cc1. The van der Waals surface area contributed by atoms with Crippen LogP contribution in [0, 0.1) is 0 Å². The molecular formula is C14H17ClFN3O. The van der Waals surface area contributed by atoms with Gasteiger partial charge in [-0.1, -0.05) is 37.1 Å². The Labute approximate surface area is 122 Å². The molecule has 0 amide bonds. The number of halogens is 2. The van der Waals surface area contributed by atoms with Crippen molar-refractivity contribution in [2.24, 2.45) is 0 Å². The molecule has 4 nitrogen and oxygen atoms in total. The van der Waals surface area contributed by atoms with Crippen molar-refractivity contribution in [2.45, 2.75) is 38.1 Å². The third kappa shape index (κ3) is 3.16. The van der Waals surface area contributed by atoms with Gasteiger partial charge in [0.1, 0.15) is 24.4 Å². The summed E-state index contributed by atoms with van der Waals surface area (Å²) in [6.07, 6.45) is 2.34. The van der Waals surface area contributed by atoms with Gasteiger partial charge < -0.3 is 5.11 Å². The number of hydrogen-bond acceptors (Lipinski definition) is 3. The summed E-state index contributed by atoms with van der Waals surface area (Å²) < 4.78 is 15.9. The topological polar surface area (TPSA) is 50.9 Å². The third-order valence-corrected chi connectivity index (χ3v) is 3.53. The summed E-state index contributed by atoms with van der Waals surface area (Å²) in [5.41, 5.74) is -1.16. The maximum atomic E-state index is 14.5. The van der Waals surface area contributed by atoms with Gasteiger partial charge in [0.2, 0.25) is 0 Å². The highest BCUT2D eigenvalue weighted by Gasteiger charge is 2.39. The third-order valence-electron chi connectivity index (χ3n) is 3.27. The zero-order valence-corrected chi connectivity index (χ0v) is 12.0. The molecular weight excluding hydrogens is 281 g/mol. The van der Waals surface area contributed by atoms with E-state index >= 15 is 0 Å². The predicted molar refractivity (Wildman–Crippen MR) is 75.2 cm³/mol. The highest BCUT2D eigenvalue weighted by atomic mass is 35.5. The molecule has 0 saturated carbocycles. The lowest BCUT2D eigenvalue weighted by Crippen LogP contribution is -2.41. The minimum absolute atomic E-state index is 0.00972. The Hall–Kier alpha value is -1.46. The first-order chi connectivity index (χ1) is 9.56. The lowest BCUT2D eigenvalue weighted by atomic mass is 9.87. The van der Waals surface area contributed by atoms with Gasteiger partial charge in [-0.3, -0.25) is 0 Å². The van der Waals surface area contributed by atoms with Gasteiger partial charge in [-0.05, 0) is 24.1 Å². The van der Waals surface area contributed by atoms with Crippen LogP contribution in [-0.4, -0.2) is 26.0 Å². The first-order valence-corrected chi connectivity index (χ1v) is 6.89. The Bertz CT molecular complexity index is 532. The van der Waals surface area contributed by atoms with E-state index in [2.05, 4.69) is 10.1 Å². The Kier molecular flexibility index (Phi) is 4.73. The fourth-order valence-electron chi connectivity index (χ4n) is 2.16. The van der Waals surface area contributed by atoms with Gasteiger partial charge in [0.15, 0.2) is 0 Å². The molecule has 0 saturated heterocycles. The van der Waals surface area contributed by atoms with Crippen LogP contribution < -0.4 is 0 Å². The molecule has 1 aromatic carbocycles. The van der Waals surface area contributed by atoms with Gasteiger partial charge in [-0.25, -0.2) is 14.1 Å². The van der Waals surface area contributed by atoms with Crippen LogP contribution in [0.2, 0.25) is 5.02 Å². The van der Waals surface area contributed by atoms with Crippen LogP contribution in [0.3, 0.4) is 0 Å². The number of hydrogen-bond donors (Lipinski definition) is 1. The zero-order chi connectivity index (χ0) is 14.6. The van der Waals surface area contributed by atoms with E-state index in [1.54, 1.807) is 24.3 Å². The van der Waals surface area contributed by atoms with Crippen molar-refractivity contribution in [3.63, 3.8) is 0 Å². The molecule has 0 aliphatic rings. The van der Waals surface area contributed by atoms with Crippen LogP contribution in [0.15, 0.2) is 36.9 Å². The van der Waals surface area contributed by atoms with Gasteiger partial charge >= 0.3 is 0 Å². The average molecular weight is 298 g/mol. The van der Waals surface area contributed by atoms with Crippen LogP contribution in [0.1, 0.15) is 25.3 Å². The van der Waals surface area contributed by atoms with Crippen molar-refractivity contribution in [3.8, 4) is 0 Å². The quantitative estimate of drug-likeness (QED) is 0.892. The van der Waals surface area contributed by atoms with Gasteiger partial charge in [-0.2, -0.15) is 5.10 Å². The van der Waals surface area contributed by atoms with Crippen LogP contribution in [0.4, 0.5) is 4.39 Å².